The number of hydrogen-bond acceptors (Lipinski definition) is 3. The molecule has 1 saturated heterocycles. The highest BCUT2D eigenvalue weighted by atomic mass is 19.1. The summed E-state index contributed by atoms with van der Waals surface area (Å²) in [6.45, 7) is 2.75. The first-order valence-electron chi connectivity index (χ1n) is 6.33. The molecule has 4 heteroatoms. The molecule has 1 unspecified atom stereocenters. The van der Waals surface area contributed by atoms with Crippen LogP contribution in [0.25, 0.3) is 0 Å². The maximum absolute atomic E-state index is 13.3. The zero-order valence-corrected chi connectivity index (χ0v) is 10.3. The monoisotopic (exact) mass is 248 g/mol. The third-order valence-electron chi connectivity index (χ3n) is 3.25. The van der Waals surface area contributed by atoms with Gasteiger partial charge in [0.25, 0.3) is 0 Å². The summed E-state index contributed by atoms with van der Waals surface area (Å²) >= 11 is 0. The van der Waals surface area contributed by atoms with Gasteiger partial charge in [0, 0.05) is 6.07 Å². The highest BCUT2D eigenvalue weighted by Gasteiger charge is 2.12. The molecule has 96 valence electrons. The van der Waals surface area contributed by atoms with Crippen LogP contribution in [-0.4, -0.2) is 19.7 Å². The number of benzene rings is 1. The highest BCUT2D eigenvalue weighted by Crippen LogP contribution is 2.18. The van der Waals surface area contributed by atoms with E-state index < -0.39 is 5.82 Å². The van der Waals surface area contributed by atoms with E-state index >= 15 is 0 Å². The van der Waals surface area contributed by atoms with E-state index in [4.69, 9.17) is 10.00 Å². The van der Waals surface area contributed by atoms with Gasteiger partial charge in [0.15, 0.2) is 0 Å². The van der Waals surface area contributed by atoms with Crippen molar-refractivity contribution in [2.45, 2.75) is 19.3 Å². The van der Waals surface area contributed by atoms with Crippen molar-refractivity contribution in [3.63, 3.8) is 0 Å². The largest absolute Gasteiger partial charge is 0.493 e. The SMILES string of the molecule is N#Cc1ccc(OCCC2CCCNC2)cc1F. The Kier molecular flexibility index (Phi) is 4.54. The molecule has 1 aromatic carbocycles. The van der Waals surface area contributed by atoms with Crippen LogP contribution in [0.5, 0.6) is 5.75 Å². The molecule has 0 radical (unpaired) electrons. The fourth-order valence-electron chi connectivity index (χ4n) is 2.19. The summed E-state index contributed by atoms with van der Waals surface area (Å²) < 4.78 is 18.8. The van der Waals surface area contributed by atoms with Crippen molar-refractivity contribution in [1.82, 2.24) is 5.32 Å². The van der Waals surface area contributed by atoms with E-state index in [1.165, 1.54) is 25.0 Å². The summed E-state index contributed by atoms with van der Waals surface area (Å²) in [7, 11) is 0. The minimum absolute atomic E-state index is 0.0545. The van der Waals surface area contributed by atoms with E-state index in [0.717, 1.165) is 19.5 Å². The van der Waals surface area contributed by atoms with Gasteiger partial charge in [-0.2, -0.15) is 5.26 Å². The quantitative estimate of drug-likeness (QED) is 0.890. The average Bonchev–Trinajstić information content (AvgIpc) is 2.40. The Bertz CT molecular complexity index is 436. The van der Waals surface area contributed by atoms with Crippen molar-refractivity contribution < 1.29 is 9.13 Å². The molecule has 18 heavy (non-hydrogen) atoms. The fraction of sp³-hybridized carbons (Fsp3) is 0.500. The first-order valence-corrected chi connectivity index (χ1v) is 6.33. The molecule has 1 aliphatic heterocycles. The minimum Gasteiger partial charge on any atom is -0.493 e. The molecule has 1 heterocycles. The van der Waals surface area contributed by atoms with Gasteiger partial charge in [0.05, 0.1) is 12.2 Å². The maximum atomic E-state index is 13.3. The minimum atomic E-state index is -0.519. The van der Waals surface area contributed by atoms with Crippen molar-refractivity contribution in [3.8, 4) is 11.8 Å². The number of ether oxygens (including phenoxy) is 1. The smallest absolute Gasteiger partial charge is 0.144 e. The molecule has 0 saturated carbocycles. The van der Waals surface area contributed by atoms with Gasteiger partial charge in [0.1, 0.15) is 17.6 Å². The lowest BCUT2D eigenvalue weighted by molar-refractivity contribution is 0.253. The lowest BCUT2D eigenvalue weighted by atomic mass is 9.97. The second-order valence-corrected chi connectivity index (χ2v) is 4.60. The van der Waals surface area contributed by atoms with E-state index in [9.17, 15) is 4.39 Å². The van der Waals surface area contributed by atoms with Gasteiger partial charge in [-0.15, -0.1) is 0 Å². The number of rotatable bonds is 4. The third kappa shape index (κ3) is 3.44. The lowest BCUT2D eigenvalue weighted by Gasteiger charge is -2.22. The van der Waals surface area contributed by atoms with Crippen LogP contribution < -0.4 is 10.1 Å². The van der Waals surface area contributed by atoms with E-state index in [2.05, 4.69) is 5.32 Å². The Morgan fingerprint density at radius 3 is 3.06 bits per heavy atom. The number of halogens is 1. The summed E-state index contributed by atoms with van der Waals surface area (Å²) in [5, 5.41) is 12.0. The summed E-state index contributed by atoms with van der Waals surface area (Å²) in [6, 6.07) is 6.16. The van der Waals surface area contributed by atoms with Crippen LogP contribution in [-0.2, 0) is 0 Å². The molecule has 1 aromatic rings. The Labute approximate surface area is 107 Å². The number of piperidine rings is 1. The van der Waals surface area contributed by atoms with E-state index in [0.29, 0.717) is 18.3 Å². The number of nitriles is 1. The Balaban J connectivity index is 1.79. The van der Waals surface area contributed by atoms with Gasteiger partial charge in [-0.3, -0.25) is 0 Å². The van der Waals surface area contributed by atoms with Crippen molar-refractivity contribution in [1.29, 1.82) is 5.26 Å². The molecule has 1 aliphatic rings. The van der Waals surface area contributed by atoms with Gasteiger partial charge >= 0.3 is 0 Å². The van der Waals surface area contributed by atoms with Crippen LogP contribution in [0.3, 0.4) is 0 Å². The van der Waals surface area contributed by atoms with Crippen LogP contribution in [0.4, 0.5) is 4.39 Å². The Morgan fingerprint density at radius 1 is 1.50 bits per heavy atom. The first kappa shape index (κ1) is 12.8. The van der Waals surface area contributed by atoms with Gasteiger partial charge in [0.2, 0.25) is 0 Å². The molecule has 0 aliphatic carbocycles. The topological polar surface area (TPSA) is 45.0 Å². The zero-order valence-electron chi connectivity index (χ0n) is 10.3. The van der Waals surface area contributed by atoms with Crippen LogP contribution in [0.2, 0.25) is 0 Å². The van der Waals surface area contributed by atoms with Crippen molar-refractivity contribution >= 4 is 0 Å². The molecule has 3 nitrogen and oxygen atoms in total. The summed E-state index contributed by atoms with van der Waals surface area (Å²) in [5.41, 5.74) is 0.0545. The second kappa shape index (κ2) is 6.36. The molecule has 1 atom stereocenters. The first-order chi connectivity index (χ1) is 8.79. The molecule has 0 aromatic heterocycles. The zero-order chi connectivity index (χ0) is 12.8. The normalized spacial score (nSPS) is 19.2. The standard InChI is InChI=1S/C14H17FN2O/c15-14-8-13(4-3-12(14)9-16)18-7-5-11-2-1-6-17-10-11/h3-4,8,11,17H,1-2,5-7,10H2. The second-order valence-electron chi connectivity index (χ2n) is 4.60. The molecular weight excluding hydrogens is 231 g/mol. The predicted octanol–water partition coefficient (Wildman–Crippen LogP) is 2.47. The van der Waals surface area contributed by atoms with E-state index in [-0.39, 0.29) is 5.56 Å². The average molecular weight is 248 g/mol. The summed E-state index contributed by atoms with van der Waals surface area (Å²) in [6.07, 6.45) is 3.43. The van der Waals surface area contributed by atoms with Crippen molar-refractivity contribution in [2.75, 3.05) is 19.7 Å². The molecular formula is C14H17FN2O. The maximum Gasteiger partial charge on any atom is 0.144 e. The van der Waals surface area contributed by atoms with Crippen molar-refractivity contribution in [2.24, 2.45) is 5.92 Å². The fourth-order valence-corrected chi connectivity index (χ4v) is 2.19. The van der Waals surface area contributed by atoms with Crippen LogP contribution in [0.1, 0.15) is 24.8 Å². The molecule has 0 bridgehead atoms. The van der Waals surface area contributed by atoms with Gasteiger partial charge < -0.3 is 10.1 Å². The van der Waals surface area contributed by atoms with Gasteiger partial charge in [-0.1, -0.05) is 0 Å². The van der Waals surface area contributed by atoms with Crippen LogP contribution in [0.15, 0.2) is 18.2 Å². The molecule has 1 N–H and O–H groups in total. The van der Waals surface area contributed by atoms with Crippen molar-refractivity contribution in [3.05, 3.63) is 29.6 Å². The predicted molar refractivity (Wildman–Crippen MR) is 66.8 cm³/mol. The van der Waals surface area contributed by atoms with Crippen LogP contribution in [0, 0.1) is 23.1 Å². The Morgan fingerprint density at radius 2 is 2.39 bits per heavy atom. The third-order valence-corrected chi connectivity index (χ3v) is 3.25. The molecule has 2 rings (SSSR count). The Hall–Kier alpha value is -1.60. The van der Waals surface area contributed by atoms with E-state index in [1.54, 1.807) is 12.1 Å². The van der Waals surface area contributed by atoms with Gasteiger partial charge in [-0.05, 0) is 50.4 Å². The number of nitrogens with zero attached hydrogens (tertiary/aromatic N) is 1. The number of nitrogens with one attached hydrogen (secondary N) is 1. The molecule has 1 fully saturated rings. The summed E-state index contributed by atoms with van der Waals surface area (Å²) in [4.78, 5) is 0. The van der Waals surface area contributed by atoms with Crippen LogP contribution >= 0.6 is 0 Å². The van der Waals surface area contributed by atoms with Gasteiger partial charge in [-0.25, -0.2) is 4.39 Å². The molecule has 0 spiro atoms. The number of hydrogen-bond donors (Lipinski definition) is 1. The lowest BCUT2D eigenvalue weighted by Crippen LogP contribution is -2.30. The summed E-state index contributed by atoms with van der Waals surface area (Å²) in [5.74, 6) is 0.631. The highest BCUT2D eigenvalue weighted by molar-refractivity contribution is 5.36. The van der Waals surface area contributed by atoms with E-state index in [1.807, 2.05) is 0 Å². The molecule has 0 amide bonds.